The van der Waals surface area contributed by atoms with Gasteiger partial charge in [-0.25, -0.2) is 4.68 Å². The van der Waals surface area contributed by atoms with Gasteiger partial charge in [-0.3, -0.25) is 0 Å². The Balaban J connectivity index is 1.58. The van der Waals surface area contributed by atoms with Gasteiger partial charge in [-0.2, -0.15) is 5.10 Å². The summed E-state index contributed by atoms with van der Waals surface area (Å²) in [5.74, 6) is 0.792. The van der Waals surface area contributed by atoms with Crippen LogP contribution in [0.3, 0.4) is 0 Å². The molecule has 0 amide bonds. The first-order valence-corrected chi connectivity index (χ1v) is 11.9. The first-order valence-electron chi connectivity index (χ1n) is 8.22. The normalized spacial score (nSPS) is 15.2. The lowest BCUT2D eigenvalue weighted by Gasteiger charge is -2.15. The second-order valence-corrected chi connectivity index (χ2v) is 13.1. The summed E-state index contributed by atoms with van der Waals surface area (Å²) in [4.78, 5) is 0. The highest BCUT2D eigenvalue weighted by atomic mass is 28.3. The van der Waals surface area contributed by atoms with E-state index in [1.54, 1.807) is 0 Å². The number of hydrogen-bond donors (Lipinski definition) is 0. The summed E-state index contributed by atoms with van der Waals surface area (Å²) in [6.45, 7) is 8.49. The third-order valence-corrected chi connectivity index (χ3v) is 5.83. The predicted octanol–water partition coefficient (Wildman–Crippen LogP) is 4.74. The van der Waals surface area contributed by atoms with Gasteiger partial charge in [0.25, 0.3) is 0 Å². The van der Waals surface area contributed by atoms with Gasteiger partial charge in [0.05, 0.1) is 6.20 Å². The Morgan fingerprint density at radius 2 is 2.05 bits per heavy atom. The number of nitrogens with zero attached hydrogens (tertiary/aromatic N) is 2. The Morgan fingerprint density at radius 1 is 1.23 bits per heavy atom. The first-order chi connectivity index (χ1) is 10.5. The Morgan fingerprint density at radius 3 is 2.77 bits per heavy atom. The summed E-state index contributed by atoms with van der Waals surface area (Å²) < 4.78 is 7.64. The van der Waals surface area contributed by atoms with Crippen LogP contribution in [0.2, 0.25) is 25.7 Å². The van der Waals surface area contributed by atoms with Crippen LogP contribution in [0.4, 0.5) is 0 Å². The molecule has 3 nitrogen and oxygen atoms in total. The SMILES string of the molecule is C[Si](C)(C)CCOCn1cc(-c2cccc(C3CC3)c2)cn1. The van der Waals surface area contributed by atoms with Gasteiger partial charge in [0.15, 0.2) is 0 Å². The van der Waals surface area contributed by atoms with E-state index >= 15 is 0 Å². The zero-order chi connectivity index (χ0) is 15.6. The molecule has 4 heteroatoms. The smallest absolute Gasteiger partial charge is 0.139 e. The maximum absolute atomic E-state index is 5.75. The molecule has 0 unspecified atom stereocenters. The molecule has 1 fully saturated rings. The van der Waals surface area contributed by atoms with Crippen LogP contribution in [0.5, 0.6) is 0 Å². The van der Waals surface area contributed by atoms with Gasteiger partial charge < -0.3 is 4.74 Å². The van der Waals surface area contributed by atoms with E-state index in [9.17, 15) is 0 Å². The monoisotopic (exact) mass is 314 g/mol. The lowest BCUT2D eigenvalue weighted by molar-refractivity contribution is 0.0786. The summed E-state index contributed by atoms with van der Waals surface area (Å²) >= 11 is 0. The molecule has 1 aromatic heterocycles. The third-order valence-electron chi connectivity index (χ3n) is 4.12. The molecule has 22 heavy (non-hydrogen) atoms. The lowest BCUT2D eigenvalue weighted by Crippen LogP contribution is -2.22. The van der Waals surface area contributed by atoms with Crippen molar-refractivity contribution in [1.29, 1.82) is 0 Å². The van der Waals surface area contributed by atoms with Crippen LogP contribution >= 0.6 is 0 Å². The van der Waals surface area contributed by atoms with Crippen molar-refractivity contribution in [1.82, 2.24) is 9.78 Å². The molecule has 0 atom stereocenters. The summed E-state index contributed by atoms with van der Waals surface area (Å²) in [5.41, 5.74) is 3.91. The van der Waals surface area contributed by atoms with E-state index in [1.165, 1.54) is 35.6 Å². The molecule has 0 spiro atoms. The van der Waals surface area contributed by atoms with Crippen LogP contribution in [0.25, 0.3) is 11.1 Å². The topological polar surface area (TPSA) is 27.1 Å². The average Bonchev–Trinajstić information content (AvgIpc) is 3.22. The fourth-order valence-electron chi connectivity index (χ4n) is 2.51. The van der Waals surface area contributed by atoms with E-state index in [-0.39, 0.29) is 0 Å². The van der Waals surface area contributed by atoms with Crippen molar-refractivity contribution >= 4 is 8.07 Å². The molecular formula is C18H26N2OSi. The average molecular weight is 315 g/mol. The van der Waals surface area contributed by atoms with Gasteiger partial charge in [-0.1, -0.05) is 43.9 Å². The number of benzene rings is 1. The largest absolute Gasteiger partial charge is 0.360 e. The maximum Gasteiger partial charge on any atom is 0.139 e. The van der Waals surface area contributed by atoms with Crippen LogP contribution < -0.4 is 0 Å². The molecule has 0 saturated heterocycles. The minimum Gasteiger partial charge on any atom is -0.360 e. The summed E-state index contributed by atoms with van der Waals surface area (Å²) in [6.07, 6.45) is 6.70. The second kappa shape index (κ2) is 6.38. The van der Waals surface area contributed by atoms with Crippen molar-refractivity contribution < 1.29 is 4.74 Å². The van der Waals surface area contributed by atoms with Crippen LogP contribution in [-0.4, -0.2) is 24.5 Å². The van der Waals surface area contributed by atoms with Crippen LogP contribution in [0.15, 0.2) is 36.7 Å². The molecule has 0 N–H and O–H groups in total. The van der Waals surface area contributed by atoms with Crippen LogP contribution in [0.1, 0.15) is 24.3 Å². The quantitative estimate of drug-likeness (QED) is 0.545. The molecule has 1 aliphatic rings. The molecule has 1 aromatic carbocycles. The highest BCUT2D eigenvalue weighted by Crippen LogP contribution is 2.41. The zero-order valence-electron chi connectivity index (χ0n) is 13.9. The molecule has 3 rings (SSSR count). The van der Waals surface area contributed by atoms with Crippen molar-refractivity contribution in [3.05, 3.63) is 42.2 Å². The second-order valence-electron chi connectivity index (χ2n) is 7.52. The van der Waals surface area contributed by atoms with E-state index in [1.807, 2.05) is 10.9 Å². The number of ether oxygens (including phenoxy) is 1. The van der Waals surface area contributed by atoms with Crippen molar-refractivity contribution in [3.8, 4) is 11.1 Å². The first kappa shape index (κ1) is 15.5. The molecule has 118 valence electrons. The Hall–Kier alpha value is -1.39. The van der Waals surface area contributed by atoms with Gasteiger partial charge in [0.1, 0.15) is 6.73 Å². The highest BCUT2D eigenvalue weighted by Gasteiger charge is 2.23. The minimum absolute atomic E-state index is 0.548. The van der Waals surface area contributed by atoms with Gasteiger partial charge >= 0.3 is 0 Å². The van der Waals surface area contributed by atoms with Crippen molar-refractivity contribution in [2.45, 2.75) is 51.2 Å². The van der Waals surface area contributed by atoms with Gasteiger partial charge in [-0.15, -0.1) is 0 Å². The van der Waals surface area contributed by atoms with Gasteiger partial charge in [-0.05, 0) is 35.9 Å². The fraction of sp³-hybridized carbons (Fsp3) is 0.500. The van der Waals surface area contributed by atoms with Crippen molar-refractivity contribution in [3.63, 3.8) is 0 Å². The molecule has 1 heterocycles. The minimum atomic E-state index is -1.01. The predicted molar refractivity (Wildman–Crippen MR) is 93.7 cm³/mol. The van der Waals surface area contributed by atoms with Gasteiger partial charge in [0, 0.05) is 26.4 Å². The zero-order valence-corrected chi connectivity index (χ0v) is 14.9. The van der Waals surface area contributed by atoms with E-state index in [2.05, 4.69) is 55.2 Å². The van der Waals surface area contributed by atoms with Crippen LogP contribution in [0, 0.1) is 0 Å². The third kappa shape index (κ3) is 4.30. The summed E-state index contributed by atoms with van der Waals surface area (Å²) in [7, 11) is -1.01. The Bertz CT molecular complexity index is 626. The van der Waals surface area contributed by atoms with Crippen molar-refractivity contribution in [2.24, 2.45) is 0 Å². The Labute approximate surface area is 134 Å². The van der Waals surface area contributed by atoms with E-state index in [0.29, 0.717) is 6.73 Å². The van der Waals surface area contributed by atoms with Crippen LogP contribution in [-0.2, 0) is 11.5 Å². The van der Waals surface area contributed by atoms with Crippen molar-refractivity contribution in [2.75, 3.05) is 6.61 Å². The summed E-state index contributed by atoms with van der Waals surface area (Å²) in [5, 5.41) is 4.42. The number of rotatable bonds is 7. The molecule has 1 saturated carbocycles. The van der Waals surface area contributed by atoms with E-state index in [4.69, 9.17) is 4.74 Å². The van der Waals surface area contributed by atoms with E-state index in [0.717, 1.165) is 12.5 Å². The Kier molecular flexibility index (Phi) is 4.50. The molecule has 1 aliphatic carbocycles. The highest BCUT2D eigenvalue weighted by molar-refractivity contribution is 6.76. The standard InChI is InChI=1S/C18H26N2OSi/c1-22(2,3)10-9-21-14-20-13-18(12-19-20)17-6-4-5-16(11-17)15-7-8-15/h4-6,11-13,15H,7-10,14H2,1-3H3. The maximum atomic E-state index is 5.75. The number of hydrogen-bond acceptors (Lipinski definition) is 2. The molecule has 2 aromatic rings. The summed E-state index contributed by atoms with van der Waals surface area (Å²) in [6, 6.07) is 10.1. The van der Waals surface area contributed by atoms with E-state index < -0.39 is 8.07 Å². The molecule has 0 aliphatic heterocycles. The molecular weight excluding hydrogens is 288 g/mol. The molecule has 0 bridgehead atoms. The fourth-order valence-corrected chi connectivity index (χ4v) is 3.27. The molecule has 0 radical (unpaired) electrons. The van der Waals surface area contributed by atoms with Gasteiger partial charge in [0.2, 0.25) is 0 Å². The number of aromatic nitrogens is 2. The lowest BCUT2D eigenvalue weighted by atomic mass is 10.0.